The van der Waals surface area contributed by atoms with E-state index in [1.165, 1.54) is 37.9 Å². The lowest BCUT2D eigenvalue weighted by molar-refractivity contribution is -0.152. The number of phenols is 1. The molecule has 0 aliphatic rings. The number of aliphatic carboxylic acids is 1. The van der Waals surface area contributed by atoms with Crippen LogP contribution in [0, 0.1) is 5.41 Å². The lowest BCUT2D eigenvalue weighted by Gasteiger charge is -2.26. The summed E-state index contributed by atoms with van der Waals surface area (Å²) in [6.07, 6.45) is 0. The summed E-state index contributed by atoms with van der Waals surface area (Å²) in [5.74, 6) is -1.71. The molecule has 1 aromatic rings. The van der Waals surface area contributed by atoms with Gasteiger partial charge in [-0.25, -0.2) is 0 Å². The van der Waals surface area contributed by atoms with E-state index in [4.69, 9.17) is 5.11 Å². The van der Waals surface area contributed by atoms with Crippen LogP contribution >= 0.6 is 0 Å². The minimum Gasteiger partial charge on any atom is -0.508 e. The third kappa shape index (κ3) is 2.55. The topological polar surface area (TPSA) is 77.8 Å². The molecule has 5 nitrogen and oxygen atoms in total. The molecule has 0 aliphatic heterocycles. The van der Waals surface area contributed by atoms with Crippen molar-refractivity contribution in [3.05, 3.63) is 24.3 Å². The highest BCUT2D eigenvalue weighted by atomic mass is 16.4. The second-order valence-corrected chi connectivity index (χ2v) is 4.31. The Labute approximate surface area is 99.3 Å². The molecule has 0 aromatic heterocycles. The van der Waals surface area contributed by atoms with Gasteiger partial charge in [-0.2, -0.15) is 0 Å². The SMILES string of the molecule is CN(C(=O)C(C)(C)C(=O)O)c1cccc(O)c1. The van der Waals surface area contributed by atoms with Crippen molar-refractivity contribution < 1.29 is 19.8 Å². The molecule has 0 atom stereocenters. The maximum Gasteiger partial charge on any atom is 0.318 e. The zero-order valence-corrected chi connectivity index (χ0v) is 9.97. The number of rotatable bonds is 3. The molecule has 0 saturated heterocycles. The lowest BCUT2D eigenvalue weighted by Crippen LogP contribution is -2.43. The number of amides is 1. The fraction of sp³-hybridized carbons (Fsp3) is 0.333. The largest absolute Gasteiger partial charge is 0.508 e. The van der Waals surface area contributed by atoms with E-state index in [9.17, 15) is 14.7 Å². The number of carbonyl (C=O) groups is 2. The van der Waals surface area contributed by atoms with E-state index in [2.05, 4.69) is 0 Å². The highest BCUT2D eigenvalue weighted by Crippen LogP contribution is 2.25. The molecule has 1 aromatic carbocycles. The minimum atomic E-state index is -1.50. The molecule has 0 aliphatic carbocycles. The van der Waals surface area contributed by atoms with Crippen LogP contribution in [0.15, 0.2) is 24.3 Å². The van der Waals surface area contributed by atoms with Gasteiger partial charge in [0.05, 0.1) is 0 Å². The van der Waals surface area contributed by atoms with Crippen LogP contribution in [0.5, 0.6) is 5.75 Å². The van der Waals surface area contributed by atoms with Crippen LogP contribution in [0.1, 0.15) is 13.8 Å². The van der Waals surface area contributed by atoms with Gasteiger partial charge in [-0.1, -0.05) is 6.07 Å². The molecule has 0 bridgehead atoms. The fourth-order valence-corrected chi connectivity index (χ4v) is 1.33. The van der Waals surface area contributed by atoms with Gasteiger partial charge in [-0.3, -0.25) is 9.59 Å². The first-order chi connectivity index (χ1) is 7.76. The summed E-state index contributed by atoms with van der Waals surface area (Å²) >= 11 is 0. The number of anilines is 1. The molecule has 1 rings (SSSR count). The molecule has 0 saturated carbocycles. The van der Waals surface area contributed by atoms with Gasteiger partial charge in [-0.05, 0) is 26.0 Å². The number of carboxylic acids is 1. The van der Waals surface area contributed by atoms with Crippen LogP contribution in [0.4, 0.5) is 5.69 Å². The Balaban J connectivity index is 3.02. The van der Waals surface area contributed by atoms with E-state index < -0.39 is 17.3 Å². The van der Waals surface area contributed by atoms with E-state index in [0.717, 1.165) is 0 Å². The number of nitrogens with zero attached hydrogens (tertiary/aromatic N) is 1. The third-order valence-corrected chi connectivity index (χ3v) is 2.59. The van der Waals surface area contributed by atoms with Crippen molar-refractivity contribution in [3.8, 4) is 5.75 Å². The highest BCUT2D eigenvalue weighted by molar-refractivity contribution is 6.08. The molecule has 2 N–H and O–H groups in total. The average molecular weight is 237 g/mol. The predicted octanol–water partition coefficient (Wildman–Crippen LogP) is 1.47. The molecule has 17 heavy (non-hydrogen) atoms. The molecule has 92 valence electrons. The molecule has 0 spiro atoms. The second kappa shape index (κ2) is 4.45. The van der Waals surface area contributed by atoms with Gasteiger partial charge in [0.1, 0.15) is 11.2 Å². The smallest absolute Gasteiger partial charge is 0.318 e. The fourth-order valence-electron chi connectivity index (χ4n) is 1.33. The van der Waals surface area contributed by atoms with Gasteiger partial charge in [0.2, 0.25) is 5.91 Å². The van der Waals surface area contributed by atoms with Crippen molar-refractivity contribution in [1.82, 2.24) is 0 Å². The van der Waals surface area contributed by atoms with Crippen LogP contribution in [-0.2, 0) is 9.59 Å². The number of hydrogen-bond donors (Lipinski definition) is 2. The normalized spacial score (nSPS) is 11.0. The lowest BCUT2D eigenvalue weighted by atomic mass is 9.92. The molecular weight excluding hydrogens is 222 g/mol. The Bertz CT molecular complexity index is 454. The van der Waals surface area contributed by atoms with Crippen LogP contribution in [-0.4, -0.2) is 29.1 Å². The standard InChI is InChI=1S/C12H15NO4/c1-12(2,11(16)17)10(15)13(3)8-5-4-6-9(14)7-8/h4-7,14H,1-3H3,(H,16,17). The minimum absolute atomic E-state index is 0.0234. The first kappa shape index (κ1) is 13.0. The maximum absolute atomic E-state index is 12.0. The summed E-state index contributed by atoms with van der Waals surface area (Å²) in [5.41, 5.74) is -1.05. The van der Waals surface area contributed by atoms with Crippen LogP contribution in [0.25, 0.3) is 0 Å². The van der Waals surface area contributed by atoms with Crippen LogP contribution in [0.3, 0.4) is 0 Å². The number of benzene rings is 1. The summed E-state index contributed by atoms with van der Waals surface area (Å²) < 4.78 is 0. The Kier molecular flexibility index (Phi) is 3.41. The Morgan fingerprint density at radius 3 is 2.35 bits per heavy atom. The van der Waals surface area contributed by atoms with E-state index >= 15 is 0 Å². The molecule has 0 radical (unpaired) electrons. The third-order valence-electron chi connectivity index (χ3n) is 2.59. The zero-order chi connectivity index (χ0) is 13.2. The Morgan fingerprint density at radius 1 is 1.29 bits per heavy atom. The summed E-state index contributed by atoms with van der Waals surface area (Å²) in [4.78, 5) is 24.2. The molecule has 0 unspecified atom stereocenters. The van der Waals surface area contributed by atoms with Crippen LogP contribution < -0.4 is 4.90 Å². The number of aromatic hydroxyl groups is 1. The van der Waals surface area contributed by atoms with E-state index in [1.807, 2.05) is 0 Å². The average Bonchev–Trinajstić information content (AvgIpc) is 2.26. The highest BCUT2D eigenvalue weighted by Gasteiger charge is 2.38. The zero-order valence-electron chi connectivity index (χ0n) is 9.97. The Morgan fingerprint density at radius 2 is 1.88 bits per heavy atom. The predicted molar refractivity (Wildman–Crippen MR) is 62.9 cm³/mol. The second-order valence-electron chi connectivity index (χ2n) is 4.31. The van der Waals surface area contributed by atoms with Crippen molar-refractivity contribution in [3.63, 3.8) is 0 Å². The van der Waals surface area contributed by atoms with Crippen molar-refractivity contribution in [1.29, 1.82) is 0 Å². The van der Waals surface area contributed by atoms with Crippen molar-refractivity contribution in [2.45, 2.75) is 13.8 Å². The van der Waals surface area contributed by atoms with E-state index in [1.54, 1.807) is 12.1 Å². The van der Waals surface area contributed by atoms with Gasteiger partial charge in [0.15, 0.2) is 0 Å². The number of phenolic OH excluding ortho intramolecular Hbond substituents is 1. The van der Waals surface area contributed by atoms with Gasteiger partial charge in [0, 0.05) is 18.8 Å². The van der Waals surface area contributed by atoms with Crippen LogP contribution in [0.2, 0.25) is 0 Å². The quantitative estimate of drug-likeness (QED) is 0.780. The van der Waals surface area contributed by atoms with Gasteiger partial charge in [-0.15, -0.1) is 0 Å². The van der Waals surface area contributed by atoms with Gasteiger partial charge < -0.3 is 15.1 Å². The molecule has 0 heterocycles. The first-order valence-electron chi connectivity index (χ1n) is 5.07. The van der Waals surface area contributed by atoms with Crippen molar-refractivity contribution >= 4 is 17.6 Å². The van der Waals surface area contributed by atoms with Crippen molar-refractivity contribution in [2.75, 3.05) is 11.9 Å². The summed E-state index contributed by atoms with van der Waals surface area (Å²) in [5, 5.41) is 18.3. The van der Waals surface area contributed by atoms with Crippen molar-refractivity contribution in [2.24, 2.45) is 5.41 Å². The monoisotopic (exact) mass is 237 g/mol. The van der Waals surface area contributed by atoms with E-state index in [-0.39, 0.29) is 5.75 Å². The molecule has 0 fully saturated rings. The molecule has 5 heteroatoms. The number of carboxylic acid groups (broad SMARTS) is 1. The summed E-state index contributed by atoms with van der Waals surface area (Å²) in [6.45, 7) is 2.69. The number of hydrogen-bond acceptors (Lipinski definition) is 3. The first-order valence-corrected chi connectivity index (χ1v) is 5.07. The summed E-state index contributed by atoms with van der Waals surface area (Å²) in [7, 11) is 1.47. The molecule has 1 amide bonds. The maximum atomic E-state index is 12.0. The summed E-state index contributed by atoms with van der Waals surface area (Å²) in [6, 6.07) is 6.08. The van der Waals surface area contributed by atoms with E-state index in [0.29, 0.717) is 5.69 Å². The number of carbonyl (C=O) groups excluding carboxylic acids is 1. The Hall–Kier alpha value is -2.04. The molecular formula is C12H15NO4. The van der Waals surface area contributed by atoms with Gasteiger partial charge in [0.25, 0.3) is 0 Å². The van der Waals surface area contributed by atoms with Gasteiger partial charge >= 0.3 is 5.97 Å².